The van der Waals surface area contributed by atoms with Crippen molar-refractivity contribution in [2.75, 3.05) is 38.3 Å². The summed E-state index contributed by atoms with van der Waals surface area (Å²) in [5, 5.41) is 3.18. The van der Waals surface area contributed by atoms with Gasteiger partial charge in [0, 0.05) is 44.0 Å². The maximum absolute atomic E-state index is 12.8. The molecule has 0 atom stereocenters. The Morgan fingerprint density at radius 3 is 2.67 bits per heavy atom. The molecule has 2 aliphatic rings. The van der Waals surface area contributed by atoms with Crippen molar-refractivity contribution in [2.24, 2.45) is 0 Å². The summed E-state index contributed by atoms with van der Waals surface area (Å²) in [4.78, 5) is 35.6. The largest absolute Gasteiger partial charge is 0.454 e. The second-order valence-electron chi connectivity index (χ2n) is 6.31. The molecule has 27 heavy (non-hydrogen) atoms. The number of benzene rings is 1. The molecule has 1 aromatic heterocycles. The molecule has 9 nitrogen and oxygen atoms in total. The number of aromatic nitrogens is 2. The summed E-state index contributed by atoms with van der Waals surface area (Å²) in [5.74, 6) is 2.21. The number of hydrogen-bond acceptors (Lipinski definition) is 7. The van der Waals surface area contributed by atoms with Gasteiger partial charge >= 0.3 is 0 Å². The Morgan fingerprint density at radius 2 is 1.89 bits per heavy atom. The normalized spacial score (nSPS) is 15.6. The number of ether oxygens (including phenoxy) is 2. The molecular weight excluding hydrogens is 350 g/mol. The van der Waals surface area contributed by atoms with E-state index in [-0.39, 0.29) is 12.7 Å². The number of amides is 2. The number of rotatable bonds is 4. The van der Waals surface area contributed by atoms with Crippen molar-refractivity contribution in [1.29, 1.82) is 0 Å². The predicted octanol–water partition coefficient (Wildman–Crippen LogP) is 1.17. The average Bonchev–Trinajstić information content (AvgIpc) is 3.15. The molecule has 9 heteroatoms. The first kappa shape index (κ1) is 17.1. The number of piperazine rings is 1. The maximum Gasteiger partial charge on any atom is 0.272 e. The van der Waals surface area contributed by atoms with E-state index < -0.39 is 0 Å². The Balaban J connectivity index is 1.51. The summed E-state index contributed by atoms with van der Waals surface area (Å²) >= 11 is 0. The van der Waals surface area contributed by atoms with Gasteiger partial charge in [0.05, 0.1) is 0 Å². The van der Waals surface area contributed by atoms with Crippen molar-refractivity contribution in [3.63, 3.8) is 0 Å². The number of nitrogens with zero attached hydrogens (tertiary/aromatic N) is 4. The van der Waals surface area contributed by atoms with Crippen LogP contribution in [0.4, 0.5) is 11.5 Å². The second kappa shape index (κ2) is 7.10. The third-order valence-corrected chi connectivity index (χ3v) is 4.45. The van der Waals surface area contributed by atoms with Crippen LogP contribution < -0.4 is 14.8 Å². The van der Waals surface area contributed by atoms with Crippen molar-refractivity contribution >= 4 is 23.8 Å². The number of nitrogens with one attached hydrogen (secondary N) is 1. The first-order valence-electron chi connectivity index (χ1n) is 8.63. The van der Waals surface area contributed by atoms with E-state index in [1.807, 2.05) is 18.2 Å². The zero-order chi connectivity index (χ0) is 18.8. The molecule has 0 saturated carbocycles. The minimum atomic E-state index is -0.167. The smallest absolute Gasteiger partial charge is 0.272 e. The van der Waals surface area contributed by atoms with Gasteiger partial charge in [-0.1, -0.05) is 0 Å². The highest BCUT2D eigenvalue weighted by Gasteiger charge is 2.23. The van der Waals surface area contributed by atoms with Gasteiger partial charge in [-0.3, -0.25) is 9.59 Å². The van der Waals surface area contributed by atoms with Crippen LogP contribution in [0.15, 0.2) is 24.3 Å². The summed E-state index contributed by atoms with van der Waals surface area (Å²) in [6.07, 6.45) is 0.810. The van der Waals surface area contributed by atoms with E-state index in [0.717, 1.165) is 12.1 Å². The van der Waals surface area contributed by atoms with Gasteiger partial charge in [-0.15, -0.1) is 0 Å². The molecule has 0 radical (unpaired) electrons. The predicted molar refractivity (Wildman–Crippen MR) is 96.2 cm³/mol. The van der Waals surface area contributed by atoms with Crippen molar-refractivity contribution in [3.8, 4) is 11.5 Å². The third kappa shape index (κ3) is 3.62. The highest BCUT2D eigenvalue weighted by molar-refractivity contribution is 5.93. The van der Waals surface area contributed by atoms with Gasteiger partial charge in [-0.05, 0) is 19.1 Å². The van der Waals surface area contributed by atoms with Crippen LogP contribution in [0.1, 0.15) is 16.3 Å². The first-order valence-corrected chi connectivity index (χ1v) is 8.63. The Kier molecular flexibility index (Phi) is 4.49. The molecule has 140 valence electrons. The molecule has 0 unspecified atom stereocenters. The fourth-order valence-corrected chi connectivity index (χ4v) is 3.06. The molecule has 0 bridgehead atoms. The van der Waals surface area contributed by atoms with E-state index in [1.54, 1.807) is 22.8 Å². The number of hydrogen-bond donors (Lipinski definition) is 1. The van der Waals surface area contributed by atoms with E-state index in [4.69, 9.17) is 9.47 Å². The minimum Gasteiger partial charge on any atom is -0.454 e. The van der Waals surface area contributed by atoms with Gasteiger partial charge in [0.2, 0.25) is 13.2 Å². The van der Waals surface area contributed by atoms with Crippen LogP contribution in [-0.2, 0) is 4.79 Å². The highest BCUT2D eigenvalue weighted by atomic mass is 16.7. The van der Waals surface area contributed by atoms with Gasteiger partial charge in [-0.25, -0.2) is 9.97 Å². The van der Waals surface area contributed by atoms with Crippen LogP contribution in [0.5, 0.6) is 11.5 Å². The summed E-state index contributed by atoms with van der Waals surface area (Å²) in [5.41, 5.74) is 1.10. The quantitative estimate of drug-likeness (QED) is 0.808. The van der Waals surface area contributed by atoms with Crippen LogP contribution >= 0.6 is 0 Å². The molecule has 1 N–H and O–H groups in total. The SMILES string of the molecule is Cc1nc(Nc2ccc3c(c2)OCO3)cc(C(=O)N2CCN(C=O)CC2)n1. The standard InChI is InChI=1S/C18H19N5O4/c1-12-19-14(18(25)23-6-4-22(10-24)5-7-23)9-17(20-12)21-13-2-3-15-16(8-13)27-11-26-15/h2-3,8-10H,4-7,11H2,1H3,(H,19,20,21). The minimum absolute atomic E-state index is 0.167. The Hall–Kier alpha value is -3.36. The van der Waals surface area contributed by atoms with Crippen LogP contribution in [0.2, 0.25) is 0 Å². The van der Waals surface area contributed by atoms with E-state index in [9.17, 15) is 9.59 Å². The van der Waals surface area contributed by atoms with E-state index in [2.05, 4.69) is 15.3 Å². The van der Waals surface area contributed by atoms with Gasteiger partial charge in [0.25, 0.3) is 5.91 Å². The Morgan fingerprint density at radius 1 is 1.11 bits per heavy atom. The third-order valence-electron chi connectivity index (χ3n) is 4.45. The van der Waals surface area contributed by atoms with E-state index >= 15 is 0 Å². The lowest BCUT2D eigenvalue weighted by Gasteiger charge is -2.32. The molecule has 3 heterocycles. The summed E-state index contributed by atoms with van der Waals surface area (Å²) in [7, 11) is 0. The lowest BCUT2D eigenvalue weighted by molar-refractivity contribution is -0.119. The molecule has 2 amide bonds. The van der Waals surface area contributed by atoms with Gasteiger partial charge in [0.15, 0.2) is 11.5 Å². The zero-order valence-electron chi connectivity index (χ0n) is 14.8. The molecule has 1 fully saturated rings. The molecular formula is C18H19N5O4. The first-order chi connectivity index (χ1) is 13.1. The number of carbonyl (C=O) groups excluding carboxylic acids is 2. The van der Waals surface area contributed by atoms with Crippen LogP contribution in [0.3, 0.4) is 0 Å². The summed E-state index contributed by atoms with van der Waals surface area (Å²) in [6.45, 7) is 3.99. The average molecular weight is 369 g/mol. The zero-order valence-corrected chi connectivity index (χ0v) is 14.8. The van der Waals surface area contributed by atoms with Crippen LogP contribution in [-0.4, -0.2) is 65.1 Å². The van der Waals surface area contributed by atoms with Crippen LogP contribution in [0.25, 0.3) is 0 Å². The molecule has 0 spiro atoms. The summed E-state index contributed by atoms with van der Waals surface area (Å²) < 4.78 is 10.7. The van der Waals surface area contributed by atoms with Gasteiger partial charge in [-0.2, -0.15) is 0 Å². The van der Waals surface area contributed by atoms with Crippen LogP contribution in [0, 0.1) is 6.92 Å². The number of fused-ring (bicyclic) bond motifs is 1. The van der Waals surface area contributed by atoms with Crippen molar-refractivity contribution < 1.29 is 19.1 Å². The van der Waals surface area contributed by atoms with Crippen molar-refractivity contribution in [1.82, 2.24) is 19.8 Å². The lowest BCUT2D eigenvalue weighted by Crippen LogP contribution is -2.48. The fourth-order valence-electron chi connectivity index (χ4n) is 3.06. The molecule has 2 aliphatic heterocycles. The van der Waals surface area contributed by atoms with Gasteiger partial charge < -0.3 is 24.6 Å². The topological polar surface area (TPSA) is 96.9 Å². The lowest BCUT2D eigenvalue weighted by atomic mass is 10.2. The highest BCUT2D eigenvalue weighted by Crippen LogP contribution is 2.34. The molecule has 2 aromatic rings. The van der Waals surface area contributed by atoms with Crippen molar-refractivity contribution in [3.05, 3.63) is 35.8 Å². The summed E-state index contributed by atoms with van der Waals surface area (Å²) in [6, 6.07) is 7.12. The second-order valence-corrected chi connectivity index (χ2v) is 6.31. The van der Waals surface area contributed by atoms with E-state index in [0.29, 0.717) is 55.0 Å². The Bertz CT molecular complexity index is 880. The Labute approximate surface area is 155 Å². The number of anilines is 2. The van der Waals surface area contributed by atoms with E-state index in [1.165, 1.54) is 0 Å². The molecule has 1 aromatic carbocycles. The number of carbonyl (C=O) groups is 2. The fraction of sp³-hybridized carbons (Fsp3) is 0.333. The maximum atomic E-state index is 12.8. The number of aryl methyl sites for hydroxylation is 1. The molecule has 1 saturated heterocycles. The molecule has 4 rings (SSSR count). The van der Waals surface area contributed by atoms with Gasteiger partial charge in [0.1, 0.15) is 17.3 Å². The van der Waals surface area contributed by atoms with Crippen molar-refractivity contribution in [2.45, 2.75) is 6.92 Å². The molecule has 0 aliphatic carbocycles. The monoisotopic (exact) mass is 369 g/mol.